The molecular formula is C49H70O6. The van der Waals surface area contributed by atoms with Gasteiger partial charge in [-0.05, 0) is 190 Å². The Hall–Kier alpha value is -1.42. The van der Waals surface area contributed by atoms with E-state index >= 15 is 0 Å². The quantitative estimate of drug-likeness (QED) is 0.143. The minimum Gasteiger partial charge on any atom is -0.456 e. The van der Waals surface area contributed by atoms with Gasteiger partial charge in [0.25, 0.3) is 0 Å². The lowest BCUT2D eigenvalue weighted by Crippen LogP contribution is -2.65. The SMILES string of the molecule is CCOC(=O)C#C[C@]1(O)[C@H]2C[C@H]2C2C3C(CC[C@@]21C)[C@@]1(C)CC[C@H](C)C[C@@]1(O)[C@@H]1C[C@H]31.C[C@H]1CC[C@]2(C)C3CC[C@]4(C)C(=O)[C@H]5C[C@H]5C4C3[C@H]3C[C@H]3[C@]2(O)C1. The molecule has 6 nitrogen and oxygen atoms in total. The first-order valence-electron chi connectivity index (χ1n) is 23.3. The predicted octanol–water partition coefficient (Wildman–Crippen LogP) is 7.85. The Labute approximate surface area is 330 Å². The smallest absolute Gasteiger partial charge is 0.384 e. The van der Waals surface area contributed by atoms with Crippen LogP contribution >= 0.6 is 0 Å². The van der Waals surface area contributed by atoms with Crippen LogP contribution in [0.2, 0.25) is 0 Å². The highest BCUT2D eigenvalue weighted by Gasteiger charge is 2.82. The van der Waals surface area contributed by atoms with Crippen LogP contribution in [0.3, 0.4) is 0 Å². The van der Waals surface area contributed by atoms with E-state index in [4.69, 9.17) is 4.74 Å². The van der Waals surface area contributed by atoms with Crippen molar-refractivity contribution in [3.63, 3.8) is 0 Å². The van der Waals surface area contributed by atoms with Gasteiger partial charge in [-0.2, -0.15) is 0 Å². The third-order valence-electron chi connectivity index (χ3n) is 21.9. The molecule has 0 spiro atoms. The van der Waals surface area contributed by atoms with E-state index in [1.165, 1.54) is 38.5 Å². The Morgan fingerprint density at radius 1 is 0.673 bits per heavy atom. The first-order valence-corrected chi connectivity index (χ1v) is 23.3. The van der Waals surface area contributed by atoms with Crippen molar-refractivity contribution in [2.45, 2.75) is 155 Å². The molecule has 6 unspecified atom stereocenters. The maximum atomic E-state index is 12.9. The molecule has 0 heterocycles. The lowest BCUT2D eigenvalue weighted by Gasteiger charge is -2.64. The van der Waals surface area contributed by atoms with Crippen molar-refractivity contribution in [3.05, 3.63) is 0 Å². The van der Waals surface area contributed by atoms with Gasteiger partial charge < -0.3 is 20.1 Å². The zero-order chi connectivity index (χ0) is 38.6. The molecule has 12 rings (SSSR count). The summed E-state index contributed by atoms with van der Waals surface area (Å²) in [5, 5.41) is 35.8. The molecule has 0 aromatic carbocycles. The number of rotatable bonds is 1. The van der Waals surface area contributed by atoms with Crippen molar-refractivity contribution in [2.75, 3.05) is 6.61 Å². The summed E-state index contributed by atoms with van der Waals surface area (Å²) in [5.74, 6) is 15.0. The predicted molar refractivity (Wildman–Crippen MR) is 209 cm³/mol. The van der Waals surface area contributed by atoms with Crippen LogP contribution in [0.15, 0.2) is 0 Å². The van der Waals surface area contributed by atoms with Crippen LogP contribution in [-0.4, -0.2) is 50.5 Å². The van der Waals surface area contributed by atoms with Crippen LogP contribution in [0, 0.1) is 128 Å². The van der Waals surface area contributed by atoms with Crippen molar-refractivity contribution >= 4 is 11.8 Å². The normalized spacial score (nSPS) is 64.1. The average molecular weight is 755 g/mol. The Kier molecular flexibility index (Phi) is 7.35. The molecule has 0 saturated heterocycles. The number of fused-ring (bicyclic) bond motifs is 20. The van der Waals surface area contributed by atoms with E-state index in [1.54, 1.807) is 6.92 Å². The zero-order valence-electron chi connectivity index (χ0n) is 34.9. The van der Waals surface area contributed by atoms with Crippen LogP contribution < -0.4 is 0 Å². The Balaban J connectivity index is 0.000000132. The lowest BCUT2D eigenvalue weighted by atomic mass is 9.42. The molecule has 0 amide bonds. The summed E-state index contributed by atoms with van der Waals surface area (Å²) >= 11 is 0. The number of Topliss-reactive ketones (excluding diaryl/α,β-unsaturated/α-hetero) is 1. The van der Waals surface area contributed by atoms with Crippen LogP contribution in [0.5, 0.6) is 0 Å². The average Bonchev–Trinajstić information content (AvgIpc) is 3.96. The molecule has 0 radical (unpaired) electrons. The van der Waals surface area contributed by atoms with Crippen molar-refractivity contribution in [1.29, 1.82) is 0 Å². The molecule has 55 heavy (non-hydrogen) atoms. The molecule has 12 saturated carbocycles. The summed E-state index contributed by atoms with van der Waals surface area (Å²) in [7, 11) is 0. The molecule has 12 aliphatic rings. The fourth-order valence-corrected chi connectivity index (χ4v) is 19.0. The molecule has 0 aliphatic heterocycles. The van der Waals surface area contributed by atoms with Gasteiger partial charge in [0.05, 0.1) is 17.8 Å². The first-order chi connectivity index (χ1) is 25.9. The van der Waals surface area contributed by atoms with Crippen LogP contribution in [0.25, 0.3) is 0 Å². The fraction of sp³-hybridized carbons (Fsp3) is 0.918. The van der Waals surface area contributed by atoms with E-state index < -0.39 is 22.8 Å². The second-order valence-corrected chi connectivity index (χ2v) is 23.8. The van der Waals surface area contributed by atoms with E-state index in [2.05, 4.69) is 53.4 Å². The molecule has 3 N–H and O–H groups in total. The topological polar surface area (TPSA) is 104 Å². The fourth-order valence-electron chi connectivity index (χ4n) is 19.0. The number of hydrogen-bond acceptors (Lipinski definition) is 6. The summed E-state index contributed by atoms with van der Waals surface area (Å²) in [6, 6.07) is 0. The van der Waals surface area contributed by atoms with Gasteiger partial charge in [0.1, 0.15) is 11.4 Å². The number of esters is 1. The zero-order valence-corrected chi connectivity index (χ0v) is 34.9. The molecule has 0 bridgehead atoms. The van der Waals surface area contributed by atoms with E-state index in [-0.39, 0.29) is 27.6 Å². The second kappa shape index (κ2) is 11.0. The van der Waals surface area contributed by atoms with Crippen molar-refractivity contribution < 1.29 is 29.6 Å². The number of ether oxygens (including phenoxy) is 1. The third-order valence-corrected chi connectivity index (χ3v) is 21.9. The highest BCUT2D eigenvalue weighted by atomic mass is 16.5. The van der Waals surface area contributed by atoms with Gasteiger partial charge in [-0.3, -0.25) is 4.79 Å². The molecule has 302 valence electrons. The van der Waals surface area contributed by atoms with Crippen molar-refractivity contribution in [3.8, 4) is 11.8 Å². The molecular weight excluding hydrogens is 685 g/mol. The molecule has 6 heteroatoms. The third kappa shape index (κ3) is 4.31. The molecule has 12 fully saturated rings. The van der Waals surface area contributed by atoms with Crippen LogP contribution in [0.1, 0.15) is 138 Å². The van der Waals surface area contributed by atoms with Gasteiger partial charge in [-0.25, -0.2) is 4.79 Å². The Morgan fingerprint density at radius 3 is 1.78 bits per heavy atom. The standard InChI is InChI=1S/C27H38O4.C22H32O2/c1-5-31-21(28)8-11-26(29)20-13-17(20)23-22-16-12-19(16)27(30)14-15(2)6-9-24(27,3)18(22)7-10-25(23,26)4;1-11-4-7-21(3)15-5-6-20(2)18(12-8-13(12)19(20)23)17(15)14-9-16(14)22(21,24)10-11/h15-20,22-23,29-30H,5-7,9-10,12-14H2,1-4H3;11-18,24H,4-10H2,1-3H3/t15-,16-,17+,18?,19+,20-,22?,23?,24+,25-,26-,27+;11-,12+,13-,14-,15?,16+,17?,18?,20-,21+,22+/m00/s1. The van der Waals surface area contributed by atoms with Gasteiger partial charge in [-0.15, -0.1) is 0 Å². The molecule has 23 atom stereocenters. The van der Waals surface area contributed by atoms with Crippen LogP contribution in [-0.2, 0) is 14.3 Å². The highest BCUT2D eigenvalue weighted by Crippen LogP contribution is 2.82. The number of carbonyl (C=O) groups is 2. The Bertz CT molecular complexity index is 1780. The largest absolute Gasteiger partial charge is 0.456 e. The van der Waals surface area contributed by atoms with E-state index in [0.29, 0.717) is 89.3 Å². The van der Waals surface area contributed by atoms with E-state index in [0.717, 1.165) is 63.2 Å². The number of ketones is 1. The maximum Gasteiger partial charge on any atom is 0.384 e. The van der Waals surface area contributed by atoms with Gasteiger partial charge in [0, 0.05) is 28.6 Å². The van der Waals surface area contributed by atoms with Crippen molar-refractivity contribution in [2.24, 2.45) is 116 Å². The number of carbonyl (C=O) groups excluding carboxylic acids is 2. The van der Waals surface area contributed by atoms with E-state index in [1.807, 2.05) is 0 Å². The van der Waals surface area contributed by atoms with Crippen LogP contribution in [0.4, 0.5) is 0 Å². The first kappa shape index (κ1) is 36.6. The van der Waals surface area contributed by atoms with Crippen molar-refractivity contribution in [1.82, 2.24) is 0 Å². The molecule has 12 aliphatic carbocycles. The van der Waals surface area contributed by atoms with Gasteiger partial charge >= 0.3 is 5.97 Å². The number of hydrogen-bond donors (Lipinski definition) is 3. The summed E-state index contributed by atoms with van der Waals surface area (Å²) in [4.78, 5) is 24.9. The van der Waals surface area contributed by atoms with E-state index in [9.17, 15) is 24.9 Å². The van der Waals surface area contributed by atoms with Gasteiger partial charge in [-0.1, -0.05) is 47.5 Å². The maximum absolute atomic E-state index is 12.9. The molecule has 0 aromatic heterocycles. The summed E-state index contributed by atoms with van der Waals surface area (Å²) in [6.07, 6.45) is 15.8. The monoisotopic (exact) mass is 755 g/mol. The highest BCUT2D eigenvalue weighted by molar-refractivity contribution is 5.93. The molecule has 0 aromatic rings. The lowest BCUT2D eigenvalue weighted by molar-refractivity contribution is -0.226. The van der Waals surface area contributed by atoms with Gasteiger partial charge in [0.15, 0.2) is 0 Å². The number of aliphatic hydroxyl groups is 3. The summed E-state index contributed by atoms with van der Waals surface area (Å²) < 4.78 is 5.01. The van der Waals surface area contributed by atoms with Gasteiger partial charge in [0.2, 0.25) is 0 Å². The summed E-state index contributed by atoms with van der Waals surface area (Å²) in [6.45, 7) is 16.1. The summed E-state index contributed by atoms with van der Waals surface area (Å²) in [5.41, 5.74) is -2.14. The minimum absolute atomic E-state index is 0.00430. The minimum atomic E-state index is -1.08. The second-order valence-electron chi connectivity index (χ2n) is 23.8. The Morgan fingerprint density at radius 2 is 1.20 bits per heavy atom.